The van der Waals surface area contributed by atoms with Crippen LogP contribution in [0.4, 0.5) is 0 Å². The first kappa shape index (κ1) is 29.3. The van der Waals surface area contributed by atoms with Crippen molar-refractivity contribution in [3.63, 3.8) is 0 Å². The molecule has 2 aromatic carbocycles. The zero-order chi connectivity index (χ0) is 17.6. The average Bonchev–Trinajstić information content (AvgIpc) is 3.45. The summed E-state index contributed by atoms with van der Waals surface area (Å²) in [5.41, 5.74) is 0. The second kappa shape index (κ2) is 28.3. The van der Waals surface area contributed by atoms with E-state index < -0.39 is 0 Å². The smallest absolute Gasteiger partial charge is 0.171 e. The normalized spacial score (nSPS) is 10.6. The number of benzene rings is 2. The van der Waals surface area contributed by atoms with E-state index in [-0.39, 0.29) is 14.9 Å². The van der Waals surface area contributed by atoms with E-state index in [0.29, 0.717) is 0 Å². The molecule has 0 aromatic heterocycles. The van der Waals surface area contributed by atoms with E-state index in [1.807, 2.05) is 91.8 Å². The Morgan fingerprint density at radius 1 is 0.577 bits per heavy atom. The summed E-state index contributed by atoms with van der Waals surface area (Å²) in [6, 6.07) is 25.0. The van der Waals surface area contributed by atoms with Gasteiger partial charge in [0, 0.05) is 0 Å². The molecule has 0 saturated heterocycles. The van der Waals surface area contributed by atoms with E-state index in [2.05, 4.69) is 36.4 Å². The first-order chi connectivity index (χ1) is 12.0. The van der Waals surface area contributed by atoms with Gasteiger partial charge >= 0.3 is 30.2 Å². The predicted molar refractivity (Wildman–Crippen MR) is 115 cm³/mol. The Bertz CT molecular complexity index is 445. The Labute approximate surface area is 178 Å². The molecule has 2 heteroatoms. The van der Waals surface area contributed by atoms with Gasteiger partial charge in [0.05, 0.1) is 0 Å². The third-order valence-corrected chi connectivity index (χ3v) is 2.39. The molecule has 0 fully saturated rings. The molecule has 0 nitrogen and oxygen atoms in total. The maximum atomic E-state index is 2.99. The van der Waals surface area contributed by atoms with Crippen molar-refractivity contribution >= 4 is 6.88 Å². The molecule has 2 aliphatic carbocycles. The topological polar surface area (TPSA) is 0 Å². The molecule has 0 bridgehead atoms. The molecule has 0 N–H and O–H groups in total. The van der Waals surface area contributed by atoms with Crippen LogP contribution in [0.3, 0.4) is 0 Å². The molecule has 0 atom stereocenters. The van der Waals surface area contributed by atoms with Crippen molar-refractivity contribution in [2.75, 3.05) is 0 Å². The van der Waals surface area contributed by atoms with Crippen LogP contribution in [0.2, 0.25) is 0 Å². The second-order valence-corrected chi connectivity index (χ2v) is 4.16. The fourth-order valence-electron chi connectivity index (χ4n) is 1.36. The Hall–Kier alpha value is -1.50. The van der Waals surface area contributed by atoms with E-state index in [1.54, 1.807) is 23.3 Å². The maximum absolute atomic E-state index is 2.99. The molecule has 0 radical (unpaired) electrons. The van der Waals surface area contributed by atoms with E-state index in [4.69, 9.17) is 0 Å². The number of rotatable bonds is 0. The minimum absolute atomic E-state index is 0. The maximum Gasteiger partial charge on any atom is -0.171 e. The van der Waals surface area contributed by atoms with Crippen LogP contribution in [-0.2, 0) is 23.3 Å². The summed E-state index contributed by atoms with van der Waals surface area (Å²) in [5, 5.41) is 0. The van der Waals surface area contributed by atoms with Crippen molar-refractivity contribution in [1.82, 2.24) is 0 Å². The van der Waals surface area contributed by atoms with Crippen molar-refractivity contribution in [2.24, 2.45) is 0 Å². The monoisotopic (exact) mass is 434 g/mol. The van der Waals surface area contributed by atoms with E-state index >= 15 is 0 Å². The molecule has 2 aliphatic rings. The number of hydrogen-bond donors (Lipinski definition) is 0. The quantitative estimate of drug-likeness (QED) is 0.375. The summed E-state index contributed by atoms with van der Waals surface area (Å²) in [7, 11) is 0. The number of allylic oxidation sites excluding steroid dienone is 8. The van der Waals surface area contributed by atoms with Crippen LogP contribution in [-0.4, -0.2) is 6.88 Å². The molecule has 4 rings (SSSR count). The zero-order valence-corrected chi connectivity index (χ0v) is 19.7. The molecular weight excluding hydrogens is 408 g/mol. The molecule has 0 unspecified atom stereocenters. The first-order valence-corrected chi connectivity index (χ1v) is 13.5. The van der Waals surface area contributed by atoms with Gasteiger partial charge < -0.3 is 14.9 Å². The van der Waals surface area contributed by atoms with Gasteiger partial charge in [0.25, 0.3) is 0 Å². The van der Waals surface area contributed by atoms with Crippen LogP contribution in [0, 0.1) is 39.1 Å². The summed E-state index contributed by atoms with van der Waals surface area (Å²) in [5.74, 6) is 0. The molecule has 0 amide bonds. The van der Waals surface area contributed by atoms with Gasteiger partial charge in [-0.1, -0.05) is 0 Å². The van der Waals surface area contributed by atoms with Crippen LogP contribution in [0.5, 0.6) is 0 Å². The third-order valence-electron chi connectivity index (χ3n) is 2.39. The van der Waals surface area contributed by atoms with Crippen LogP contribution >= 0.6 is 0 Å². The fraction of sp³-hybridized carbons (Fsp3) is 0.0833. The Morgan fingerprint density at radius 3 is 1.00 bits per heavy atom. The van der Waals surface area contributed by atoms with Crippen LogP contribution < -0.4 is 0 Å². The molecular formula is C24H28SiZr-6. The van der Waals surface area contributed by atoms with Gasteiger partial charge in [-0.05, 0) is 0 Å². The standard InChI is InChI=1S/2C6H5.2C5H5.2CH3.H2Si.Zr/c2*1-2-4-6-5-3-1;2*1-2-4-5-3-1;;;;/h2*1-5H;2*1-3H,4H2;2*1H3;1H2;/q6*-1;;. The van der Waals surface area contributed by atoms with E-state index in [9.17, 15) is 0 Å². The molecule has 0 aliphatic heterocycles. The average molecular weight is 436 g/mol. The van der Waals surface area contributed by atoms with Crippen molar-refractivity contribution in [2.45, 2.75) is 12.8 Å². The summed E-state index contributed by atoms with van der Waals surface area (Å²) in [6.07, 6.45) is 20.0. The van der Waals surface area contributed by atoms with Gasteiger partial charge in [0.15, 0.2) is 0 Å². The summed E-state index contributed by atoms with van der Waals surface area (Å²) >= 11 is 1.58. The van der Waals surface area contributed by atoms with Gasteiger partial charge in [-0.3, -0.25) is 12.2 Å². The minimum atomic E-state index is 0. The van der Waals surface area contributed by atoms with Gasteiger partial charge in [-0.15, -0.1) is 12.8 Å². The van der Waals surface area contributed by atoms with Crippen molar-refractivity contribution in [3.05, 3.63) is 136 Å². The van der Waals surface area contributed by atoms with Gasteiger partial charge in [-0.25, -0.2) is 24.3 Å². The third kappa shape index (κ3) is 24.7. The van der Waals surface area contributed by atoms with Crippen molar-refractivity contribution in [3.8, 4) is 0 Å². The summed E-state index contributed by atoms with van der Waals surface area (Å²) in [4.78, 5) is 0. The van der Waals surface area contributed by atoms with Crippen LogP contribution in [0.1, 0.15) is 12.8 Å². The van der Waals surface area contributed by atoms with Crippen molar-refractivity contribution in [1.29, 1.82) is 0 Å². The zero-order valence-electron chi connectivity index (χ0n) is 15.9. The van der Waals surface area contributed by atoms with Crippen LogP contribution in [0.15, 0.2) is 97.1 Å². The molecule has 0 heterocycles. The largest absolute Gasteiger partial charge is 0.184 e. The van der Waals surface area contributed by atoms with Gasteiger partial charge in [-0.2, -0.15) is 84.9 Å². The fourth-order valence-corrected chi connectivity index (χ4v) is 1.36. The van der Waals surface area contributed by atoms with Gasteiger partial charge in [0.2, 0.25) is 0 Å². The van der Waals surface area contributed by atoms with Gasteiger partial charge in [0.1, 0.15) is 0 Å². The van der Waals surface area contributed by atoms with Crippen LogP contribution in [0.25, 0.3) is 0 Å². The van der Waals surface area contributed by atoms with Crippen molar-refractivity contribution < 1.29 is 23.3 Å². The molecule has 0 spiro atoms. The molecule has 26 heavy (non-hydrogen) atoms. The SMILES string of the molecule is [C-]1=CC=CC1.[C-]1=CC=CC1.[CH3-].[CH3-].[SiH2]=[Zr].[c-]1ccccc1.[c-]1ccccc1. The van der Waals surface area contributed by atoms with E-state index in [0.717, 1.165) is 12.8 Å². The minimum Gasteiger partial charge on any atom is -0.184 e. The molecule has 0 saturated carbocycles. The molecule has 2 aromatic rings. The summed E-state index contributed by atoms with van der Waals surface area (Å²) < 4.78 is 0. The first-order valence-electron chi connectivity index (χ1n) is 7.61. The Kier molecular flexibility index (Phi) is 31.9. The Morgan fingerprint density at radius 2 is 0.923 bits per heavy atom. The second-order valence-electron chi connectivity index (χ2n) is 4.16. The summed E-state index contributed by atoms with van der Waals surface area (Å²) in [6.45, 7) is 1.95. The molecule has 138 valence electrons. The predicted octanol–water partition coefficient (Wildman–Crippen LogP) is 5.57. The number of hydrogen-bond acceptors (Lipinski definition) is 0. The Balaban J connectivity index is -0.000000257. The van der Waals surface area contributed by atoms with E-state index in [1.165, 1.54) is 0 Å².